The Hall–Kier alpha value is -2.70. The molecule has 1 heterocycles. The van der Waals surface area contributed by atoms with E-state index in [9.17, 15) is 19.2 Å². The van der Waals surface area contributed by atoms with E-state index in [1.54, 1.807) is 43.0 Å². The largest absolute Gasteiger partial charge is 0.469 e. The predicted molar refractivity (Wildman–Crippen MR) is 104 cm³/mol. The molecule has 2 rings (SSSR count). The topological polar surface area (TPSA) is 84.0 Å². The highest BCUT2D eigenvalue weighted by Gasteiger charge is 2.41. The van der Waals surface area contributed by atoms with E-state index in [0.29, 0.717) is 17.7 Å². The van der Waals surface area contributed by atoms with Gasteiger partial charge >= 0.3 is 5.97 Å². The van der Waals surface area contributed by atoms with Gasteiger partial charge in [0.05, 0.1) is 24.2 Å². The van der Waals surface area contributed by atoms with Gasteiger partial charge in [-0.1, -0.05) is 38.8 Å². The van der Waals surface area contributed by atoms with Crippen LogP contribution in [-0.2, 0) is 14.3 Å². The summed E-state index contributed by atoms with van der Waals surface area (Å²) in [5, 5.41) is 0. The number of ether oxygens (including phenoxy) is 1. The van der Waals surface area contributed by atoms with Gasteiger partial charge in [-0.05, 0) is 25.5 Å². The number of nitrogens with zero attached hydrogens (tertiary/aromatic N) is 2. The summed E-state index contributed by atoms with van der Waals surface area (Å²) >= 11 is 0. The molecule has 2 atom stereocenters. The normalized spacial score (nSPS) is 15.2. The number of amides is 3. The molecule has 0 N–H and O–H groups in total. The first kappa shape index (κ1) is 21.6. The van der Waals surface area contributed by atoms with E-state index in [0.717, 1.165) is 24.2 Å². The molecule has 0 fully saturated rings. The van der Waals surface area contributed by atoms with Crippen LogP contribution < -0.4 is 0 Å². The molecule has 2 unspecified atom stereocenters. The van der Waals surface area contributed by atoms with E-state index in [1.165, 1.54) is 7.11 Å². The Morgan fingerprint density at radius 3 is 2.14 bits per heavy atom. The molecule has 0 radical (unpaired) electrons. The molecule has 0 saturated carbocycles. The summed E-state index contributed by atoms with van der Waals surface area (Å²) in [5.41, 5.74) is 0.625. The Morgan fingerprint density at radius 2 is 1.64 bits per heavy atom. The summed E-state index contributed by atoms with van der Waals surface area (Å²) in [6.45, 7) is 5.95. The number of carbonyl (C=O) groups excluding carboxylic acids is 4. The van der Waals surface area contributed by atoms with Crippen LogP contribution in [0, 0.1) is 5.92 Å². The first-order valence-corrected chi connectivity index (χ1v) is 9.67. The molecule has 7 nitrogen and oxygen atoms in total. The molecule has 28 heavy (non-hydrogen) atoms. The van der Waals surface area contributed by atoms with Crippen LogP contribution >= 0.6 is 0 Å². The van der Waals surface area contributed by atoms with Crippen LogP contribution in [0.25, 0.3) is 0 Å². The summed E-state index contributed by atoms with van der Waals surface area (Å²) in [4.78, 5) is 52.9. The minimum absolute atomic E-state index is 0.183. The van der Waals surface area contributed by atoms with E-state index in [1.807, 2.05) is 0 Å². The summed E-state index contributed by atoms with van der Waals surface area (Å²) < 4.78 is 4.76. The maximum absolute atomic E-state index is 13.1. The molecule has 1 aromatic carbocycles. The van der Waals surface area contributed by atoms with Gasteiger partial charge in [-0.15, -0.1) is 0 Å². The van der Waals surface area contributed by atoms with Crippen LogP contribution in [0.1, 0.15) is 60.7 Å². The number of carbonyl (C=O) groups is 4. The van der Waals surface area contributed by atoms with Gasteiger partial charge in [0.2, 0.25) is 5.91 Å². The second kappa shape index (κ2) is 9.48. The second-order valence-electron chi connectivity index (χ2n) is 7.12. The molecule has 152 valence electrons. The number of hydrogen-bond acceptors (Lipinski definition) is 5. The maximum Gasteiger partial charge on any atom is 0.310 e. The Kier molecular flexibility index (Phi) is 7.31. The van der Waals surface area contributed by atoms with Crippen molar-refractivity contribution in [3.05, 3.63) is 35.4 Å². The third kappa shape index (κ3) is 4.40. The van der Waals surface area contributed by atoms with E-state index < -0.39 is 29.7 Å². The van der Waals surface area contributed by atoms with E-state index >= 15 is 0 Å². The third-order valence-electron chi connectivity index (χ3n) is 5.01. The second-order valence-corrected chi connectivity index (χ2v) is 7.12. The van der Waals surface area contributed by atoms with Gasteiger partial charge < -0.3 is 9.64 Å². The monoisotopic (exact) mass is 388 g/mol. The molecule has 0 aromatic heterocycles. The molecule has 0 saturated heterocycles. The Labute approximate surface area is 165 Å². The first-order chi connectivity index (χ1) is 13.3. The zero-order chi connectivity index (χ0) is 20.8. The zero-order valence-electron chi connectivity index (χ0n) is 16.9. The van der Waals surface area contributed by atoms with Crippen molar-refractivity contribution in [3.63, 3.8) is 0 Å². The van der Waals surface area contributed by atoms with Crippen LogP contribution in [0.3, 0.4) is 0 Å². The van der Waals surface area contributed by atoms with Crippen molar-refractivity contribution in [1.82, 2.24) is 9.80 Å². The predicted octanol–water partition coefficient (Wildman–Crippen LogP) is 2.50. The number of rotatable bonds is 9. The van der Waals surface area contributed by atoms with Gasteiger partial charge in [0.15, 0.2) is 0 Å². The van der Waals surface area contributed by atoms with Gasteiger partial charge in [0.1, 0.15) is 6.04 Å². The Morgan fingerprint density at radius 1 is 1.07 bits per heavy atom. The minimum atomic E-state index is -0.945. The molecule has 1 aromatic rings. The molecule has 7 heteroatoms. The fourth-order valence-electron chi connectivity index (χ4n) is 3.38. The summed E-state index contributed by atoms with van der Waals surface area (Å²) in [6, 6.07) is 5.61. The molecule has 0 aliphatic carbocycles. The standard InChI is InChI=1S/C21H28N2O5/c1-5-6-9-12-22(13-14(2)21(27)28-4)18(24)15(3)23-19(25)16-10-7-8-11-17(16)20(23)26/h7-8,10-11,14-15H,5-6,9,12-13H2,1-4H3. The molecular weight excluding hydrogens is 360 g/mol. The van der Waals surface area contributed by atoms with E-state index in [4.69, 9.17) is 4.74 Å². The van der Waals surface area contributed by atoms with Crippen molar-refractivity contribution in [1.29, 1.82) is 0 Å². The van der Waals surface area contributed by atoms with Gasteiger partial charge in [-0.3, -0.25) is 24.1 Å². The van der Waals surface area contributed by atoms with Crippen molar-refractivity contribution in [2.24, 2.45) is 5.92 Å². The number of methoxy groups -OCH3 is 1. The SMILES string of the molecule is CCCCCN(CC(C)C(=O)OC)C(=O)C(C)N1C(=O)c2ccccc2C1=O. The van der Waals surface area contributed by atoms with E-state index in [2.05, 4.69) is 6.92 Å². The number of imide groups is 1. The zero-order valence-corrected chi connectivity index (χ0v) is 16.9. The van der Waals surface area contributed by atoms with Gasteiger partial charge in [0.25, 0.3) is 11.8 Å². The lowest BCUT2D eigenvalue weighted by Crippen LogP contribution is -2.51. The Bertz CT molecular complexity index is 726. The van der Waals surface area contributed by atoms with Gasteiger partial charge in [-0.25, -0.2) is 0 Å². The lowest BCUT2D eigenvalue weighted by molar-refractivity contribution is -0.147. The van der Waals surface area contributed by atoms with Crippen molar-refractivity contribution >= 4 is 23.7 Å². The fourth-order valence-corrected chi connectivity index (χ4v) is 3.38. The van der Waals surface area contributed by atoms with Crippen molar-refractivity contribution in [2.75, 3.05) is 20.2 Å². The lowest BCUT2D eigenvalue weighted by atomic mass is 10.1. The van der Waals surface area contributed by atoms with Crippen LogP contribution in [0.5, 0.6) is 0 Å². The van der Waals surface area contributed by atoms with Gasteiger partial charge in [0, 0.05) is 13.1 Å². The molecule has 0 bridgehead atoms. The fraction of sp³-hybridized carbons (Fsp3) is 0.524. The number of benzene rings is 1. The lowest BCUT2D eigenvalue weighted by Gasteiger charge is -2.30. The molecule has 1 aliphatic rings. The van der Waals surface area contributed by atoms with Crippen molar-refractivity contribution < 1.29 is 23.9 Å². The highest BCUT2D eigenvalue weighted by atomic mass is 16.5. The highest BCUT2D eigenvalue weighted by Crippen LogP contribution is 2.25. The van der Waals surface area contributed by atoms with Crippen molar-refractivity contribution in [2.45, 2.75) is 46.1 Å². The van der Waals surface area contributed by atoms with Gasteiger partial charge in [-0.2, -0.15) is 0 Å². The smallest absolute Gasteiger partial charge is 0.310 e. The van der Waals surface area contributed by atoms with E-state index in [-0.39, 0.29) is 12.5 Å². The average Bonchev–Trinajstić information content (AvgIpc) is 2.96. The first-order valence-electron chi connectivity index (χ1n) is 9.67. The molecule has 1 aliphatic heterocycles. The average molecular weight is 388 g/mol. The van der Waals surface area contributed by atoms with Crippen LogP contribution in [0.2, 0.25) is 0 Å². The van der Waals surface area contributed by atoms with Crippen LogP contribution in [0.4, 0.5) is 0 Å². The van der Waals surface area contributed by atoms with Crippen LogP contribution in [0.15, 0.2) is 24.3 Å². The third-order valence-corrected chi connectivity index (χ3v) is 5.01. The quantitative estimate of drug-likeness (QED) is 0.369. The minimum Gasteiger partial charge on any atom is -0.469 e. The highest BCUT2D eigenvalue weighted by molar-refractivity contribution is 6.22. The number of fused-ring (bicyclic) bond motifs is 1. The van der Waals surface area contributed by atoms with Crippen molar-refractivity contribution in [3.8, 4) is 0 Å². The summed E-state index contributed by atoms with van der Waals surface area (Å²) in [5.74, 6) is -2.17. The van der Waals surface area contributed by atoms with Crippen LogP contribution in [-0.4, -0.2) is 59.7 Å². The molecule has 0 spiro atoms. The summed E-state index contributed by atoms with van der Waals surface area (Å²) in [7, 11) is 1.31. The molecule has 3 amide bonds. The summed E-state index contributed by atoms with van der Waals surface area (Å²) in [6.07, 6.45) is 2.71. The Balaban J connectivity index is 2.19. The number of unbranched alkanes of at least 4 members (excludes halogenated alkanes) is 2. The number of esters is 1. The number of hydrogen-bond donors (Lipinski definition) is 0. The molecular formula is C21H28N2O5. The maximum atomic E-state index is 13.1.